The first-order chi connectivity index (χ1) is 9.47. The van der Waals surface area contributed by atoms with Crippen LogP contribution in [-0.4, -0.2) is 46.7 Å². The van der Waals surface area contributed by atoms with E-state index in [1.54, 1.807) is 35.1 Å². The third kappa shape index (κ3) is 3.14. The molecule has 6 heteroatoms. The van der Waals surface area contributed by atoms with Gasteiger partial charge in [-0.1, -0.05) is 0 Å². The maximum atomic E-state index is 12.3. The summed E-state index contributed by atoms with van der Waals surface area (Å²) in [6.45, 7) is 0.530. The number of hydrogen-bond acceptors (Lipinski definition) is 4. The van der Waals surface area contributed by atoms with E-state index in [0.29, 0.717) is 12.1 Å². The zero-order chi connectivity index (χ0) is 14.7. The highest BCUT2D eigenvalue weighted by Gasteiger charge is 2.13. The lowest BCUT2D eigenvalue weighted by molar-refractivity contribution is 0.0784. The Kier molecular flexibility index (Phi) is 4.02. The van der Waals surface area contributed by atoms with Crippen LogP contribution in [0.1, 0.15) is 15.9 Å². The molecule has 2 heterocycles. The van der Waals surface area contributed by atoms with Crippen molar-refractivity contribution in [2.75, 3.05) is 26.0 Å². The Morgan fingerprint density at radius 1 is 1.25 bits per heavy atom. The van der Waals surface area contributed by atoms with Crippen LogP contribution in [0.25, 0.3) is 0 Å². The molecule has 0 radical (unpaired) electrons. The molecule has 6 nitrogen and oxygen atoms in total. The smallest absolute Gasteiger partial charge is 0.255 e. The van der Waals surface area contributed by atoms with Crippen molar-refractivity contribution < 1.29 is 4.79 Å². The molecule has 1 amide bonds. The van der Waals surface area contributed by atoms with Gasteiger partial charge in [0.15, 0.2) is 0 Å². The van der Waals surface area contributed by atoms with Crippen LogP contribution in [0.4, 0.5) is 5.82 Å². The molecule has 0 saturated heterocycles. The Bertz CT molecular complexity index is 588. The lowest BCUT2D eigenvalue weighted by Gasteiger charge is -2.17. The molecular formula is C14H19N5O. The number of nitrogens with zero attached hydrogens (tertiary/aromatic N) is 5. The van der Waals surface area contributed by atoms with Gasteiger partial charge >= 0.3 is 0 Å². The lowest BCUT2D eigenvalue weighted by Crippen LogP contribution is -2.26. The molecule has 0 aliphatic rings. The van der Waals surface area contributed by atoms with E-state index in [-0.39, 0.29) is 5.91 Å². The predicted molar refractivity (Wildman–Crippen MR) is 77.6 cm³/mol. The van der Waals surface area contributed by atoms with Gasteiger partial charge in [-0.3, -0.25) is 9.48 Å². The first kappa shape index (κ1) is 14.0. The van der Waals surface area contributed by atoms with E-state index in [9.17, 15) is 4.79 Å². The van der Waals surface area contributed by atoms with E-state index < -0.39 is 0 Å². The molecule has 0 aliphatic heterocycles. The summed E-state index contributed by atoms with van der Waals surface area (Å²) in [7, 11) is 7.46. The average molecular weight is 273 g/mol. The largest absolute Gasteiger partial charge is 0.363 e. The first-order valence-corrected chi connectivity index (χ1v) is 6.33. The Morgan fingerprint density at radius 3 is 2.50 bits per heavy atom. The van der Waals surface area contributed by atoms with Crippen molar-refractivity contribution in [3.8, 4) is 0 Å². The number of pyridine rings is 1. The third-order valence-corrected chi connectivity index (χ3v) is 2.98. The maximum absolute atomic E-state index is 12.3. The minimum absolute atomic E-state index is 0.0494. The Balaban J connectivity index is 2.06. The SMILES string of the molecule is CN(Cc1cnn(C)c1)C(=O)c1ccc(N(C)C)nc1. The van der Waals surface area contributed by atoms with E-state index in [0.717, 1.165) is 11.4 Å². The van der Waals surface area contributed by atoms with Crippen LogP contribution in [0.3, 0.4) is 0 Å². The van der Waals surface area contributed by atoms with Crippen LogP contribution in [0.15, 0.2) is 30.7 Å². The van der Waals surface area contributed by atoms with Crippen molar-refractivity contribution in [1.29, 1.82) is 0 Å². The van der Waals surface area contributed by atoms with E-state index in [1.807, 2.05) is 38.3 Å². The summed E-state index contributed by atoms with van der Waals surface area (Å²) >= 11 is 0. The predicted octanol–water partition coefficient (Wildman–Crippen LogP) is 1.15. The van der Waals surface area contributed by atoms with Crippen LogP contribution < -0.4 is 4.90 Å². The molecule has 0 atom stereocenters. The molecule has 2 aromatic rings. The Hall–Kier alpha value is -2.37. The van der Waals surface area contributed by atoms with Gasteiger partial charge in [0.05, 0.1) is 11.8 Å². The topological polar surface area (TPSA) is 54.3 Å². The van der Waals surface area contributed by atoms with E-state index >= 15 is 0 Å². The standard InChI is InChI=1S/C14H19N5O/c1-17(2)13-6-5-12(8-15-13)14(20)18(3)9-11-7-16-19(4)10-11/h5-8,10H,9H2,1-4H3. The highest BCUT2D eigenvalue weighted by Crippen LogP contribution is 2.11. The molecule has 0 aliphatic carbocycles. The molecule has 0 saturated carbocycles. The van der Waals surface area contributed by atoms with Gasteiger partial charge in [0, 0.05) is 52.7 Å². The Labute approximate surface area is 118 Å². The average Bonchev–Trinajstić information content (AvgIpc) is 2.83. The summed E-state index contributed by atoms with van der Waals surface area (Å²) in [4.78, 5) is 20.1. The molecule has 2 rings (SSSR count). The third-order valence-electron chi connectivity index (χ3n) is 2.98. The van der Waals surface area contributed by atoms with Gasteiger partial charge in [-0.25, -0.2) is 4.98 Å². The van der Waals surface area contributed by atoms with Crippen molar-refractivity contribution >= 4 is 11.7 Å². The van der Waals surface area contributed by atoms with Gasteiger partial charge in [0.2, 0.25) is 0 Å². The van der Waals surface area contributed by atoms with Crippen LogP contribution in [0.2, 0.25) is 0 Å². The second-order valence-corrected chi connectivity index (χ2v) is 4.98. The quantitative estimate of drug-likeness (QED) is 0.838. The minimum atomic E-state index is -0.0494. The lowest BCUT2D eigenvalue weighted by atomic mass is 10.2. The molecule has 0 unspecified atom stereocenters. The zero-order valence-electron chi connectivity index (χ0n) is 12.2. The number of anilines is 1. The van der Waals surface area contributed by atoms with Crippen LogP contribution >= 0.6 is 0 Å². The van der Waals surface area contributed by atoms with Gasteiger partial charge in [-0.2, -0.15) is 5.10 Å². The number of aromatic nitrogens is 3. The molecule has 0 N–H and O–H groups in total. The molecule has 0 spiro atoms. The van der Waals surface area contributed by atoms with Gasteiger partial charge in [0.25, 0.3) is 5.91 Å². The van der Waals surface area contributed by atoms with E-state index in [4.69, 9.17) is 0 Å². The fraction of sp³-hybridized carbons (Fsp3) is 0.357. The number of aryl methyl sites for hydroxylation is 1. The van der Waals surface area contributed by atoms with Crippen molar-refractivity contribution in [2.45, 2.75) is 6.54 Å². The van der Waals surface area contributed by atoms with Crippen molar-refractivity contribution in [2.24, 2.45) is 7.05 Å². The van der Waals surface area contributed by atoms with Gasteiger partial charge < -0.3 is 9.80 Å². The van der Waals surface area contributed by atoms with Gasteiger partial charge in [-0.05, 0) is 12.1 Å². The van der Waals surface area contributed by atoms with Crippen LogP contribution in [0, 0.1) is 0 Å². The fourth-order valence-electron chi connectivity index (χ4n) is 1.90. The highest BCUT2D eigenvalue weighted by molar-refractivity contribution is 5.93. The van der Waals surface area contributed by atoms with Crippen molar-refractivity contribution in [1.82, 2.24) is 19.7 Å². The number of hydrogen-bond donors (Lipinski definition) is 0. The van der Waals surface area contributed by atoms with Crippen LogP contribution in [-0.2, 0) is 13.6 Å². The van der Waals surface area contributed by atoms with Gasteiger partial charge in [0.1, 0.15) is 5.82 Å². The second kappa shape index (κ2) is 5.73. The van der Waals surface area contributed by atoms with Crippen molar-refractivity contribution in [3.05, 3.63) is 41.9 Å². The molecule has 2 aromatic heterocycles. The molecule has 0 bridgehead atoms. The number of carbonyl (C=O) groups excluding carboxylic acids is 1. The maximum Gasteiger partial charge on any atom is 0.255 e. The number of rotatable bonds is 4. The summed E-state index contributed by atoms with van der Waals surface area (Å²) in [5.74, 6) is 0.781. The van der Waals surface area contributed by atoms with Crippen LogP contribution in [0.5, 0.6) is 0 Å². The second-order valence-electron chi connectivity index (χ2n) is 4.98. The molecular weight excluding hydrogens is 254 g/mol. The number of carbonyl (C=O) groups is 1. The number of amides is 1. The zero-order valence-corrected chi connectivity index (χ0v) is 12.2. The van der Waals surface area contributed by atoms with Crippen molar-refractivity contribution in [3.63, 3.8) is 0 Å². The summed E-state index contributed by atoms with van der Waals surface area (Å²) in [5.41, 5.74) is 1.59. The molecule has 0 fully saturated rings. The van der Waals surface area contributed by atoms with E-state index in [2.05, 4.69) is 10.1 Å². The van der Waals surface area contributed by atoms with Gasteiger partial charge in [-0.15, -0.1) is 0 Å². The first-order valence-electron chi connectivity index (χ1n) is 6.33. The summed E-state index contributed by atoms with van der Waals surface area (Å²) < 4.78 is 1.72. The monoisotopic (exact) mass is 273 g/mol. The normalized spacial score (nSPS) is 10.4. The summed E-state index contributed by atoms with van der Waals surface area (Å²) in [6.07, 6.45) is 5.27. The highest BCUT2D eigenvalue weighted by atomic mass is 16.2. The molecule has 20 heavy (non-hydrogen) atoms. The molecule has 106 valence electrons. The Morgan fingerprint density at radius 2 is 2.00 bits per heavy atom. The fourth-order valence-corrected chi connectivity index (χ4v) is 1.90. The van der Waals surface area contributed by atoms with E-state index in [1.165, 1.54) is 0 Å². The summed E-state index contributed by atoms with van der Waals surface area (Å²) in [5, 5.41) is 4.09. The summed E-state index contributed by atoms with van der Waals surface area (Å²) in [6, 6.07) is 3.63. The minimum Gasteiger partial charge on any atom is -0.363 e. The molecule has 0 aromatic carbocycles.